The first-order valence-corrected chi connectivity index (χ1v) is 8.87. The Labute approximate surface area is 131 Å². The SMILES string of the molecule is Cc1csc2cc(C3=C(CN(C)C)C4CCC3C4)ccc12. The van der Waals surface area contributed by atoms with Gasteiger partial charge in [0.2, 0.25) is 0 Å². The van der Waals surface area contributed by atoms with Crippen molar-refractivity contribution in [2.24, 2.45) is 11.8 Å². The molecule has 0 saturated heterocycles. The van der Waals surface area contributed by atoms with Gasteiger partial charge in [-0.2, -0.15) is 0 Å². The molecule has 110 valence electrons. The lowest BCUT2D eigenvalue weighted by Gasteiger charge is -2.23. The van der Waals surface area contributed by atoms with Gasteiger partial charge in [-0.1, -0.05) is 12.1 Å². The van der Waals surface area contributed by atoms with Crippen LogP contribution in [0.1, 0.15) is 30.4 Å². The van der Waals surface area contributed by atoms with Crippen molar-refractivity contribution in [3.63, 3.8) is 0 Å². The van der Waals surface area contributed by atoms with E-state index >= 15 is 0 Å². The Bertz CT molecular complexity index is 722. The lowest BCUT2D eigenvalue weighted by atomic mass is 9.87. The van der Waals surface area contributed by atoms with Crippen molar-refractivity contribution >= 4 is 27.0 Å². The number of aryl methyl sites for hydroxylation is 1. The minimum absolute atomic E-state index is 0.823. The van der Waals surface area contributed by atoms with Crippen molar-refractivity contribution in [2.75, 3.05) is 20.6 Å². The third kappa shape index (κ3) is 2.16. The molecule has 2 heteroatoms. The molecule has 0 N–H and O–H groups in total. The Kier molecular flexibility index (Phi) is 3.20. The van der Waals surface area contributed by atoms with Crippen LogP contribution in [0.15, 0.2) is 29.2 Å². The number of fused-ring (bicyclic) bond motifs is 3. The van der Waals surface area contributed by atoms with Gasteiger partial charge in [0.05, 0.1) is 0 Å². The summed E-state index contributed by atoms with van der Waals surface area (Å²) in [5.74, 6) is 1.68. The molecule has 2 aliphatic rings. The zero-order valence-electron chi connectivity index (χ0n) is 13.1. The van der Waals surface area contributed by atoms with Crippen molar-refractivity contribution in [1.29, 1.82) is 0 Å². The van der Waals surface area contributed by atoms with Gasteiger partial charge in [-0.15, -0.1) is 11.3 Å². The average molecular weight is 297 g/mol. The first-order chi connectivity index (χ1) is 10.1. The quantitative estimate of drug-likeness (QED) is 0.774. The summed E-state index contributed by atoms with van der Waals surface area (Å²) >= 11 is 1.89. The minimum atomic E-state index is 0.823. The van der Waals surface area contributed by atoms with Crippen molar-refractivity contribution < 1.29 is 0 Å². The smallest absolute Gasteiger partial charge is 0.0351 e. The fourth-order valence-electron chi connectivity index (χ4n) is 4.35. The Balaban J connectivity index is 1.82. The van der Waals surface area contributed by atoms with Crippen LogP contribution in [0, 0.1) is 18.8 Å². The summed E-state index contributed by atoms with van der Waals surface area (Å²) in [4.78, 5) is 2.34. The van der Waals surface area contributed by atoms with Crippen LogP contribution >= 0.6 is 11.3 Å². The lowest BCUT2D eigenvalue weighted by Crippen LogP contribution is -2.19. The van der Waals surface area contributed by atoms with E-state index in [0.717, 1.165) is 18.4 Å². The number of hydrogen-bond acceptors (Lipinski definition) is 2. The third-order valence-corrected chi connectivity index (χ3v) is 6.31. The van der Waals surface area contributed by atoms with Gasteiger partial charge in [0, 0.05) is 11.2 Å². The van der Waals surface area contributed by atoms with Crippen LogP contribution < -0.4 is 0 Å². The summed E-state index contributed by atoms with van der Waals surface area (Å²) in [6, 6.07) is 7.15. The zero-order valence-corrected chi connectivity index (χ0v) is 14.0. The molecule has 2 atom stereocenters. The first kappa shape index (κ1) is 13.5. The van der Waals surface area contributed by atoms with Gasteiger partial charge in [0.15, 0.2) is 0 Å². The van der Waals surface area contributed by atoms with Crippen LogP contribution in [0.3, 0.4) is 0 Å². The molecule has 0 aliphatic heterocycles. The predicted molar refractivity (Wildman–Crippen MR) is 92.9 cm³/mol. The molecule has 2 unspecified atom stereocenters. The predicted octanol–water partition coefficient (Wildman–Crippen LogP) is 4.95. The topological polar surface area (TPSA) is 3.24 Å². The van der Waals surface area contributed by atoms with E-state index < -0.39 is 0 Å². The molecule has 1 heterocycles. The van der Waals surface area contributed by atoms with Gasteiger partial charge in [0.1, 0.15) is 0 Å². The molecule has 0 spiro atoms. The molecular formula is C19H23NS. The summed E-state index contributed by atoms with van der Waals surface area (Å²) in [5.41, 5.74) is 6.32. The fraction of sp³-hybridized carbons (Fsp3) is 0.474. The molecule has 1 aromatic heterocycles. The highest BCUT2D eigenvalue weighted by molar-refractivity contribution is 7.17. The largest absolute Gasteiger partial charge is 0.305 e. The second kappa shape index (κ2) is 4.96. The van der Waals surface area contributed by atoms with E-state index in [9.17, 15) is 0 Å². The molecule has 21 heavy (non-hydrogen) atoms. The van der Waals surface area contributed by atoms with Crippen LogP contribution in [0.25, 0.3) is 15.7 Å². The monoisotopic (exact) mass is 297 g/mol. The third-order valence-electron chi connectivity index (χ3n) is 5.25. The second-order valence-corrected chi connectivity index (χ2v) is 7.92. The highest BCUT2D eigenvalue weighted by atomic mass is 32.1. The van der Waals surface area contributed by atoms with Crippen LogP contribution in [-0.4, -0.2) is 25.5 Å². The number of hydrogen-bond donors (Lipinski definition) is 0. The molecule has 2 aliphatic carbocycles. The molecule has 2 bridgehead atoms. The van der Waals surface area contributed by atoms with E-state index in [4.69, 9.17) is 0 Å². The van der Waals surface area contributed by atoms with E-state index in [1.54, 1.807) is 11.1 Å². The summed E-state index contributed by atoms with van der Waals surface area (Å²) in [7, 11) is 4.39. The standard InChI is InChI=1S/C19H23NS/c1-12-11-21-18-9-15(6-7-16(12)18)19-14-5-4-13(8-14)17(19)10-20(2)3/h6-7,9,11,13-14H,4-5,8,10H2,1-3H3. The molecule has 1 fully saturated rings. The summed E-state index contributed by atoms with van der Waals surface area (Å²) < 4.78 is 1.45. The number of nitrogens with zero attached hydrogens (tertiary/aromatic N) is 1. The summed E-state index contributed by atoms with van der Waals surface area (Å²) in [5, 5.41) is 3.71. The van der Waals surface area contributed by atoms with E-state index in [2.05, 4.69) is 49.5 Å². The normalized spacial score (nSPS) is 24.8. The lowest BCUT2D eigenvalue weighted by molar-refractivity contribution is 0.423. The second-order valence-electron chi connectivity index (χ2n) is 7.01. The highest BCUT2D eigenvalue weighted by Crippen LogP contribution is 2.52. The average Bonchev–Trinajstić information content (AvgIpc) is 3.13. The van der Waals surface area contributed by atoms with Crippen LogP contribution in [-0.2, 0) is 0 Å². The van der Waals surface area contributed by atoms with Crippen LogP contribution in [0.5, 0.6) is 0 Å². The van der Waals surface area contributed by atoms with Gasteiger partial charge in [-0.05, 0) is 91.2 Å². The number of likely N-dealkylation sites (N-methyl/N-ethyl adjacent to an activating group) is 1. The van der Waals surface area contributed by atoms with Crippen molar-refractivity contribution in [1.82, 2.24) is 4.90 Å². The molecule has 2 aromatic rings. The Morgan fingerprint density at radius 2 is 2.00 bits per heavy atom. The Morgan fingerprint density at radius 3 is 2.81 bits per heavy atom. The maximum absolute atomic E-state index is 2.44. The maximum Gasteiger partial charge on any atom is 0.0351 e. The van der Waals surface area contributed by atoms with Crippen molar-refractivity contribution in [3.05, 3.63) is 40.3 Å². The van der Waals surface area contributed by atoms with Crippen molar-refractivity contribution in [3.8, 4) is 0 Å². The van der Waals surface area contributed by atoms with Crippen LogP contribution in [0.2, 0.25) is 0 Å². The Morgan fingerprint density at radius 1 is 1.19 bits per heavy atom. The molecule has 1 nitrogen and oxygen atoms in total. The summed E-state index contributed by atoms with van der Waals surface area (Å²) in [6.45, 7) is 3.35. The zero-order chi connectivity index (χ0) is 14.6. The van der Waals surface area contributed by atoms with E-state index in [1.165, 1.54) is 40.5 Å². The van der Waals surface area contributed by atoms with Crippen molar-refractivity contribution in [2.45, 2.75) is 26.2 Å². The van der Waals surface area contributed by atoms with Crippen LogP contribution in [0.4, 0.5) is 0 Å². The fourth-order valence-corrected chi connectivity index (χ4v) is 5.33. The number of thiophene rings is 1. The first-order valence-electron chi connectivity index (χ1n) is 7.99. The van der Waals surface area contributed by atoms with Gasteiger partial charge in [0.25, 0.3) is 0 Å². The number of rotatable bonds is 3. The van der Waals surface area contributed by atoms with Gasteiger partial charge < -0.3 is 4.90 Å². The van der Waals surface area contributed by atoms with Gasteiger partial charge >= 0.3 is 0 Å². The highest BCUT2D eigenvalue weighted by Gasteiger charge is 2.39. The van der Waals surface area contributed by atoms with Gasteiger partial charge in [-0.25, -0.2) is 0 Å². The van der Waals surface area contributed by atoms with E-state index in [-0.39, 0.29) is 0 Å². The number of allylic oxidation sites excluding steroid dienone is 1. The number of benzene rings is 1. The minimum Gasteiger partial charge on any atom is -0.305 e. The molecule has 4 rings (SSSR count). The summed E-state index contributed by atoms with van der Waals surface area (Å²) in [6.07, 6.45) is 4.22. The van der Waals surface area contributed by atoms with E-state index in [1.807, 2.05) is 11.3 Å². The molecule has 0 amide bonds. The molecule has 1 aromatic carbocycles. The van der Waals surface area contributed by atoms with Gasteiger partial charge in [-0.3, -0.25) is 0 Å². The Hall–Kier alpha value is -1.12. The molecule has 0 radical (unpaired) electrons. The maximum atomic E-state index is 2.44. The molecule has 1 saturated carbocycles. The van der Waals surface area contributed by atoms with E-state index in [0.29, 0.717) is 0 Å². The molecular weight excluding hydrogens is 274 g/mol.